The van der Waals surface area contributed by atoms with Crippen molar-refractivity contribution in [2.24, 2.45) is 5.92 Å². The Hall–Kier alpha value is -2.02. The maximum absolute atomic E-state index is 12.7. The van der Waals surface area contributed by atoms with E-state index in [1.165, 1.54) is 25.2 Å². The average molecular weight is 339 g/mol. The van der Waals surface area contributed by atoms with Crippen molar-refractivity contribution in [3.05, 3.63) is 29.7 Å². The summed E-state index contributed by atoms with van der Waals surface area (Å²) < 4.78 is 34.1. The molecule has 7 heteroatoms. The highest BCUT2D eigenvalue weighted by molar-refractivity contribution is 7.94. The number of hydrogen-bond acceptors (Lipinski definition) is 5. The van der Waals surface area contributed by atoms with Crippen LogP contribution in [0.1, 0.15) is 13.8 Å². The Bertz CT molecular complexity index is 724. The normalized spacial score (nSPS) is 18.9. The van der Waals surface area contributed by atoms with E-state index in [1.807, 2.05) is 0 Å². The van der Waals surface area contributed by atoms with Crippen molar-refractivity contribution in [1.29, 1.82) is 0 Å². The number of nitrogens with zero attached hydrogens (tertiary/aromatic N) is 1. The molecule has 1 heterocycles. The smallest absolute Gasteiger partial charge is 0.230 e. The predicted octanol–water partition coefficient (Wildman–Crippen LogP) is 2.00. The maximum Gasteiger partial charge on any atom is 0.230 e. The van der Waals surface area contributed by atoms with Crippen LogP contribution >= 0.6 is 0 Å². The average Bonchev–Trinajstić information content (AvgIpc) is 2.86. The van der Waals surface area contributed by atoms with Gasteiger partial charge in [0.15, 0.2) is 9.84 Å². The molecule has 6 nitrogen and oxygen atoms in total. The second-order valence-electron chi connectivity index (χ2n) is 5.63. The van der Waals surface area contributed by atoms with Crippen molar-refractivity contribution in [2.45, 2.75) is 19.9 Å². The first-order valence-corrected chi connectivity index (χ1v) is 8.96. The fourth-order valence-corrected chi connectivity index (χ4v) is 3.71. The van der Waals surface area contributed by atoms with E-state index in [-0.39, 0.29) is 17.6 Å². The highest BCUT2D eigenvalue weighted by Gasteiger charge is 2.34. The maximum atomic E-state index is 12.7. The zero-order valence-electron chi connectivity index (χ0n) is 13.6. The molecule has 23 heavy (non-hydrogen) atoms. The van der Waals surface area contributed by atoms with Crippen molar-refractivity contribution >= 4 is 21.4 Å². The van der Waals surface area contributed by atoms with Gasteiger partial charge in [-0.25, -0.2) is 8.42 Å². The van der Waals surface area contributed by atoms with Gasteiger partial charge in [-0.05, 0) is 18.2 Å². The fraction of sp³-hybridized carbons (Fsp3) is 0.438. The minimum Gasteiger partial charge on any atom is -0.497 e. The summed E-state index contributed by atoms with van der Waals surface area (Å²) in [4.78, 5) is 14.2. The van der Waals surface area contributed by atoms with E-state index in [0.717, 1.165) is 5.41 Å². The third-order valence-corrected chi connectivity index (χ3v) is 5.00. The first-order valence-electron chi connectivity index (χ1n) is 7.25. The number of anilines is 1. The lowest BCUT2D eigenvalue weighted by Gasteiger charge is -2.30. The molecule has 0 aliphatic carbocycles. The SMILES string of the molecule is COc1ccc(OC)c(N(C(=O)C(C)C)[C@@H]2C=CS(=O)(=O)C2)c1. The molecule has 1 atom stereocenters. The molecule has 1 aliphatic heterocycles. The number of amides is 1. The molecule has 2 rings (SSSR count). The Balaban J connectivity index is 2.54. The van der Waals surface area contributed by atoms with Gasteiger partial charge in [-0.3, -0.25) is 4.79 Å². The molecular weight excluding hydrogens is 318 g/mol. The number of sulfone groups is 1. The number of ether oxygens (including phenoxy) is 2. The van der Waals surface area contributed by atoms with Crippen molar-refractivity contribution in [3.8, 4) is 11.5 Å². The van der Waals surface area contributed by atoms with E-state index in [1.54, 1.807) is 32.0 Å². The zero-order chi connectivity index (χ0) is 17.2. The van der Waals surface area contributed by atoms with E-state index in [4.69, 9.17) is 9.47 Å². The number of benzene rings is 1. The minimum atomic E-state index is -3.29. The summed E-state index contributed by atoms with van der Waals surface area (Å²) >= 11 is 0. The number of carbonyl (C=O) groups is 1. The van der Waals surface area contributed by atoms with Gasteiger partial charge in [-0.1, -0.05) is 13.8 Å². The Morgan fingerprint density at radius 1 is 1.26 bits per heavy atom. The van der Waals surface area contributed by atoms with Crippen LogP contribution in [0.2, 0.25) is 0 Å². The Kier molecular flexibility index (Phi) is 4.99. The molecule has 0 fully saturated rings. The molecule has 0 spiro atoms. The van der Waals surface area contributed by atoms with Crippen LogP contribution in [0.4, 0.5) is 5.69 Å². The van der Waals surface area contributed by atoms with Gasteiger partial charge < -0.3 is 14.4 Å². The zero-order valence-corrected chi connectivity index (χ0v) is 14.5. The van der Waals surface area contributed by atoms with Crippen LogP contribution in [-0.2, 0) is 14.6 Å². The van der Waals surface area contributed by atoms with Gasteiger partial charge in [0.05, 0.1) is 31.7 Å². The van der Waals surface area contributed by atoms with E-state index in [9.17, 15) is 13.2 Å². The Morgan fingerprint density at radius 3 is 2.43 bits per heavy atom. The lowest BCUT2D eigenvalue weighted by atomic mass is 10.1. The molecule has 0 saturated heterocycles. The Morgan fingerprint density at radius 2 is 1.96 bits per heavy atom. The molecule has 1 aromatic rings. The molecule has 1 aliphatic rings. The van der Waals surface area contributed by atoms with Crippen molar-refractivity contribution in [2.75, 3.05) is 24.9 Å². The molecule has 0 N–H and O–H groups in total. The number of rotatable bonds is 5. The van der Waals surface area contributed by atoms with Crippen LogP contribution in [0.25, 0.3) is 0 Å². The number of carbonyl (C=O) groups excluding carboxylic acids is 1. The van der Waals surface area contributed by atoms with Crippen LogP contribution in [0.15, 0.2) is 29.7 Å². The molecule has 126 valence electrons. The fourth-order valence-electron chi connectivity index (χ4n) is 2.44. The van der Waals surface area contributed by atoms with Gasteiger partial charge in [-0.15, -0.1) is 0 Å². The second kappa shape index (κ2) is 6.62. The molecule has 0 bridgehead atoms. The standard InChI is InChI=1S/C16H21NO5S/c1-11(2)16(18)17(12-7-8-23(19,20)10-12)14-9-13(21-3)5-6-15(14)22-4/h5-9,11-12H,10H2,1-4H3/t12-/m1/s1. The summed E-state index contributed by atoms with van der Waals surface area (Å²) in [5, 5.41) is 1.16. The summed E-state index contributed by atoms with van der Waals surface area (Å²) in [5.41, 5.74) is 0.498. The van der Waals surface area contributed by atoms with Gasteiger partial charge in [0.1, 0.15) is 11.5 Å². The molecule has 0 aromatic heterocycles. The predicted molar refractivity (Wildman–Crippen MR) is 88.6 cm³/mol. The van der Waals surface area contributed by atoms with Crippen molar-refractivity contribution in [3.63, 3.8) is 0 Å². The van der Waals surface area contributed by atoms with Crippen LogP contribution in [-0.4, -0.2) is 40.3 Å². The third-order valence-electron chi connectivity index (χ3n) is 3.62. The molecule has 1 aromatic carbocycles. The summed E-state index contributed by atoms with van der Waals surface area (Å²) in [6.07, 6.45) is 1.54. The van der Waals surface area contributed by atoms with E-state index in [2.05, 4.69) is 0 Å². The summed E-state index contributed by atoms with van der Waals surface area (Å²) in [5.74, 6) is 0.446. The summed E-state index contributed by atoms with van der Waals surface area (Å²) in [6, 6.07) is 4.54. The van der Waals surface area contributed by atoms with Crippen molar-refractivity contribution in [1.82, 2.24) is 0 Å². The molecule has 1 amide bonds. The molecular formula is C16H21NO5S. The molecule has 0 radical (unpaired) electrons. The van der Waals surface area contributed by atoms with Gasteiger partial charge in [-0.2, -0.15) is 0 Å². The lowest BCUT2D eigenvalue weighted by Crippen LogP contribution is -2.43. The monoisotopic (exact) mass is 339 g/mol. The minimum absolute atomic E-state index is 0.133. The van der Waals surface area contributed by atoms with Crippen LogP contribution in [0, 0.1) is 5.92 Å². The highest BCUT2D eigenvalue weighted by Crippen LogP contribution is 2.35. The van der Waals surface area contributed by atoms with E-state index in [0.29, 0.717) is 17.2 Å². The molecule has 0 unspecified atom stereocenters. The van der Waals surface area contributed by atoms with Gasteiger partial charge in [0.2, 0.25) is 5.91 Å². The van der Waals surface area contributed by atoms with E-state index >= 15 is 0 Å². The first kappa shape index (κ1) is 17.3. The second-order valence-corrected chi connectivity index (χ2v) is 7.56. The van der Waals surface area contributed by atoms with E-state index < -0.39 is 15.9 Å². The van der Waals surface area contributed by atoms with Crippen LogP contribution in [0.5, 0.6) is 11.5 Å². The van der Waals surface area contributed by atoms with Crippen LogP contribution in [0.3, 0.4) is 0 Å². The topological polar surface area (TPSA) is 72.9 Å². The van der Waals surface area contributed by atoms with Gasteiger partial charge in [0, 0.05) is 17.4 Å². The summed E-state index contributed by atoms with van der Waals surface area (Å²) in [7, 11) is -0.257. The van der Waals surface area contributed by atoms with Crippen LogP contribution < -0.4 is 14.4 Å². The third kappa shape index (κ3) is 3.67. The summed E-state index contributed by atoms with van der Waals surface area (Å²) in [6.45, 7) is 3.55. The van der Waals surface area contributed by atoms with Gasteiger partial charge >= 0.3 is 0 Å². The quantitative estimate of drug-likeness (QED) is 0.820. The number of hydrogen-bond donors (Lipinski definition) is 0. The van der Waals surface area contributed by atoms with Gasteiger partial charge in [0.25, 0.3) is 0 Å². The largest absolute Gasteiger partial charge is 0.497 e. The Labute approximate surface area is 136 Å². The van der Waals surface area contributed by atoms with Crippen molar-refractivity contribution < 1.29 is 22.7 Å². The highest BCUT2D eigenvalue weighted by atomic mass is 32.2. The lowest BCUT2D eigenvalue weighted by molar-refractivity contribution is -0.121. The first-order chi connectivity index (χ1) is 10.8. The number of methoxy groups -OCH3 is 2. The molecule has 0 saturated carbocycles.